The Bertz CT molecular complexity index is 442. The van der Waals surface area contributed by atoms with E-state index in [0.717, 1.165) is 15.6 Å². The van der Waals surface area contributed by atoms with Gasteiger partial charge in [-0.1, -0.05) is 0 Å². The van der Waals surface area contributed by atoms with Crippen LogP contribution in [0.2, 0.25) is 0 Å². The van der Waals surface area contributed by atoms with Gasteiger partial charge in [-0.15, -0.1) is 11.3 Å². The van der Waals surface area contributed by atoms with E-state index in [1.807, 2.05) is 6.92 Å². The molecule has 0 atom stereocenters. The molecule has 0 aliphatic heterocycles. The zero-order valence-corrected chi connectivity index (χ0v) is 12.3. The lowest BCUT2D eigenvalue weighted by Crippen LogP contribution is -2.09. The molecule has 0 bridgehead atoms. The second-order valence-electron chi connectivity index (χ2n) is 3.89. The van der Waals surface area contributed by atoms with Crippen LogP contribution in [0.5, 0.6) is 0 Å². The minimum Gasteiger partial charge on any atom is -0.466 e. The predicted octanol–water partition coefficient (Wildman–Crippen LogP) is 2.05. The lowest BCUT2D eigenvalue weighted by atomic mass is 10.2. The number of rotatable bonds is 7. The summed E-state index contributed by atoms with van der Waals surface area (Å²) in [6.45, 7) is 6.18. The van der Waals surface area contributed by atoms with E-state index in [9.17, 15) is 9.59 Å². The highest BCUT2D eigenvalue weighted by atomic mass is 32.1. The predicted molar refractivity (Wildman–Crippen MR) is 72.1 cm³/mol. The summed E-state index contributed by atoms with van der Waals surface area (Å²) in [6.07, 6.45) is 1.00. The summed E-state index contributed by atoms with van der Waals surface area (Å²) in [6, 6.07) is 0. The zero-order chi connectivity index (χ0) is 14.3. The van der Waals surface area contributed by atoms with Crippen LogP contribution in [-0.2, 0) is 31.9 Å². The van der Waals surface area contributed by atoms with Crippen molar-refractivity contribution in [2.24, 2.45) is 0 Å². The van der Waals surface area contributed by atoms with E-state index in [2.05, 4.69) is 4.98 Å². The maximum Gasteiger partial charge on any atom is 0.311 e. The van der Waals surface area contributed by atoms with Gasteiger partial charge in [0.2, 0.25) is 0 Å². The number of thiazole rings is 1. The van der Waals surface area contributed by atoms with Crippen molar-refractivity contribution in [2.75, 3.05) is 13.2 Å². The maximum atomic E-state index is 11.5. The fourth-order valence-corrected chi connectivity index (χ4v) is 2.61. The molecule has 19 heavy (non-hydrogen) atoms. The molecular formula is C13H19NO4S. The minimum atomic E-state index is -0.261. The van der Waals surface area contributed by atoms with E-state index in [-0.39, 0.29) is 24.8 Å². The number of nitrogens with zero attached hydrogens (tertiary/aromatic N) is 1. The molecule has 0 aliphatic carbocycles. The third kappa shape index (κ3) is 5.38. The first kappa shape index (κ1) is 15.6. The fraction of sp³-hybridized carbons (Fsp3) is 0.615. The van der Waals surface area contributed by atoms with Gasteiger partial charge in [-0.2, -0.15) is 0 Å². The quantitative estimate of drug-likeness (QED) is 0.717. The molecule has 0 amide bonds. The summed E-state index contributed by atoms with van der Waals surface area (Å²) in [7, 11) is 0. The SMILES string of the molecule is CCOC(=O)CCc1nc(C)sc1CC(=O)OCC. The van der Waals surface area contributed by atoms with Crippen molar-refractivity contribution in [3.63, 3.8) is 0 Å². The molecule has 6 heteroatoms. The highest BCUT2D eigenvalue weighted by molar-refractivity contribution is 7.11. The second-order valence-corrected chi connectivity index (χ2v) is 5.18. The molecular weight excluding hydrogens is 266 g/mol. The Morgan fingerprint density at radius 3 is 2.42 bits per heavy atom. The Balaban J connectivity index is 2.62. The molecule has 0 spiro atoms. The highest BCUT2D eigenvalue weighted by Crippen LogP contribution is 2.20. The Morgan fingerprint density at radius 2 is 1.79 bits per heavy atom. The number of aromatic nitrogens is 1. The Kier molecular flexibility index (Phi) is 6.49. The lowest BCUT2D eigenvalue weighted by Gasteiger charge is -2.03. The number of hydrogen-bond donors (Lipinski definition) is 0. The topological polar surface area (TPSA) is 65.5 Å². The van der Waals surface area contributed by atoms with Crippen molar-refractivity contribution >= 4 is 23.3 Å². The van der Waals surface area contributed by atoms with Gasteiger partial charge in [-0.05, 0) is 20.8 Å². The van der Waals surface area contributed by atoms with E-state index in [4.69, 9.17) is 9.47 Å². The first-order valence-corrected chi connectivity index (χ1v) is 7.14. The standard InChI is InChI=1S/C13H19NO4S/c1-4-17-12(15)7-6-10-11(19-9(3)14-10)8-13(16)18-5-2/h4-8H2,1-3H3. The van der Waals surface area contributed by atoms with Crippen LogP contribution in [0.1, 0.15) is 35.8 Å². The summed E-state index contributed by atoms with van der Waals surface area (Å²) < 4.78 is 9.80. The normalized spacial score (nSPS) is 10.3. The molecule has 0 unspecified atom stereocenters. The molecule has 0 N–H and O–H groups in total. The summed E-state index contributed by atoms with van der Waals surface area (Å²) in [5.41, 5.74) is 0.795. The average Bonchev–Trinajstić information content (AvgIpc) is 2.67. The zero-order valence-electron chi connectivity index (χ0n) is 11.5. The molecule has 0 aromatic carbocycles. The van der Waals surface area contributed by atoms with E-state index in [1.165, 1.54) is 11.3 Å². The maximum absolute atomic E-state index is 11.5. The van der Waals surface area contributed by atoms with Gasteiger partial charge in [0.25, 0.3) is 0 Å². The monoisotopic (exact) mass is 285 g/mol. The minimum absolute atomic E-state index is 0.220. The van der Waals surface area contributed by atoms with Crippen LogP contribution in [0.15, 0.2) is 0 Å². The molecule has 0 radical (unpaired) electrons. The Morgan fingerprint density at radius 1 is 1.16 bits per heavy atom. The number of aryl methyl sites for hydroxylation is 2. The molecule has 1 aromatic rings. The van der Waals surface area contributed by atoms with Crippen molar-refractivity contribution in [1.29, 1.82) is 0 Å². The van der Waals surface area contributed by atoms with Crippen LogP contribution in [0, 0.1) is 6.92 Å². The smallest absolute Gasteiger partial charge is 0.311 e. The first-order valence-electron chi connectivity index (χ1n) is 6.33. The van der Waals surface area contributed by atoms with E-state index in [1.54, 1.807) is 13.8 Å². The lowest BCUT2D eigenvalue weighted by molar-refractivity contribution is -0.143. The Labute approximate surface area is 116 Å². The molecule has 0 saturated carbocycles. The van der Waals surface area contributed by atoms with Crippen LogP contribution in [0.25, 0.3) is 0 Å². The third-order valence-electron chi connectivity index (χ3n) is 2.37. The molecule has 0 saturated heterocycles. The molecule has 1 rings (SSSR count). The van der Waals surface area contributed by atoms with Crippen LogP contribution in [-0.4, -0.2) is 30.1 Å². The van der Waals surface area contributed by atoms with Gasteiger partial charge < -0.3 is 9.47 Å². The first-order chi connectivity index (χ1) is 9.06. The number of esters is 2. The summed E-state index contributed by atoms with van der Waals surface area (Å²) >= 11 is 1.47. The van der Waals surface area contributed by atoms with Gasteiger partial charge in [-0.3, -0.25) is 9.59 Å². The van der Waals surface area contributed by atoms with Gasteiger partial charge >= 0.3 is 11.9 Å². The summed E-state index contributed by atoms with van der Waals surface area (Å²) in [4.78, 5) is 28.0. The van der Waals surface area contributed by atoms with E-state index >= 15 is 0 Å². The van der Waals surface area contributed by atoms with E-state index in [0.29, 0.717) is 19.6 Å². The second kappa shape index (κ2) is 7.89. The largest absolute Gasteiger partial charge is 0.466 e. The third-order valence-corrected chi connectivity index (χ3v) is 3.38. The highest BCUT2D eigenvalue weighted by Gasteiger charge is 2.15. The van der Waals surface area contributed by atoms with Gasteiger partial charge in [0.05, 0.1) is 36.8 Å². The van der Waals surface area contributed by atoms with Gasteiger partial charge in [0.15, 0.2) is 0 Å². The van der Waals surface area contributed by atoms with Crippen molar-refractivity contribution in [1.82, 2.24) is 4.98 Å². The van der Waals surface area contributed by atoms with Crippen LogP contribution < -0.4 is 0 Å². The van der Waals surface area contributed by atoms with Crippen molar-refractivity contribution in [3.05, 3.63) is 15.6 Å². The molecule has 0 aliphatic rings. The van der Waals surface area contributed by atoms with Crippen LogP contribution >= 0.6 is 11.3 Å². The fourth-order valence-electron chi connectivity index (χ4n) is 1.64. The molecule has 5 nitrogen and oxygen atoms in total. The van der Waals surface area contributed by atoms with Crippen LogP contribution in [0.4, 0.5) is 0 Å². The van der Waals surface area contributed by atoms with Gasteiger partial charge in [0.1, 0.15) is 0 Å². The van der Waals surface area contributed by atoms with Crippen molar-refractivity contribution in [2.45, 2.75) is 40.0 Å². The molecule has 0 fully saturated rings. The van der Waals surface area contributed by atoms with Crippen molar-refractivity contribution < 1.29 is 19.1 Å². The number of carbonyl (C=O) groups excluding carboxylic acids is 2. The molecule has 1 aromatic heterocycles. The molecule has 1 heterocycles. The van der Waals surface area contributed by atoms with Crippen molar-refractivity contribution in [3.8, 4) is 0 Å². The summed E-state index contributed by atoms with van der Waals surface area (Å²) in [5, 5.41) is 0.887. The van der Waals surface area contributed by atoms with Gasteiger partial charge in [0, 0.05) is 11.3 Å². The van der Waals surface area contributed by atoms with Crippen LogP contribution in [0.3, 0.4) is 0 Å². The average molecular weight is 285 g/mol. The number of ether oxygens (including phenoxy) is 2. The number of hydrogen-bond acceptors (Lipinski definition) is 6. The van der Waals surface area contributed by atoms with E-state index < -0.39 is 0 Å². The van der Waals surface area contributed by atoms with Gasteiger partial charge in [-0.25, -0.2) is 4.98 Å². The summed E-state index contributed by atoms with van der Waals surface area (Å²) in [5.74, 6) is -0.501. The number of carbonyl (C=O) groups is 2. The molecule has 106 valence electrons. The Hall–Kier alpha value is -1.43.